The van der Waals surface area contributed by atoms with Crippen molar-refractivity contribution in [3.05, 3.63) is 23.8 Å². The number of nitrogens with zero attached hydrogens (tertiary/aromatic N) is 2. The molecule has 4 N–H and O–H groups in total. The lowest BCUT2D eigenvalue weighted by atomic mass is 10.2. The van der Waals surface area contributed by atoms with Gasteiger partial charge >= 0.3 is 11.8 Å². The fourth-order valence-electron chi connectivity index (χ4n) is 2.46. The average molecular weight is 306 g/mol. The first-order chi connectivity index (χ1) is 10.5. The summed E-state index contributed by atoms with van der Waals surface area (Å²) >= 11 is 0. The number of aromatic hydroxyl groups is 1. The zero-order valence-corrected chi connectivity index (χ0v) is 12.7. The van der Waals surface area contributed by atoms with Crippen LogP contribution in [0, 0.1) is 6.92 Å². The lowest BCUT2D eigenvalue weighted by Gasteiger charge is -2.34. The summed E-state index contributed by atoms with van der Waals surface area (Å²) in [6.07, 6.45) is 0. The van der Waals surface area contributed by atoms with Gasteiger partial charge in [-0.15, -0.1) is 0 Å². The number of benzene rings is 1. The fraction of sp³-hybridized carbons (Fsp3) is 0.467. The Morgan fingerprint density at radius 3 is 2.55 bits per heavy atom. The molecule has 2 amide bonds. The highest BCUT2D eigenvalue weighted by Gasteiger charge is 2.26. The minimum Gasteiger partial charge on any atom is -0.508 e. The maximum absolute atomic E-state index is 12.2. The predicted octanol–water partition coefficient (Wildman–Crippen LogP) is -0.258. The molecule has 0 unspecified atom stereocenters. The van der Waals surface area contributed by atoms with E-state index in [2.05, 4.69) is 10.2 Å². The predicted molar refractivity (Wildman–Crippen MR) is 83.5 cm³/mol. The number of phenols is 1. The van der Waals surface area contributed by atoms with Crippen LogP contribution in [0.15, 0.2) is 18.2 Å². The maximum atomic E-state index is 12.2. The van der Waals surface area contributed by atoms with Gasteiger partial charge in [0.1, 0.15) is 5.75 Å². The second kappa shape index (κ2) is 7.24. The number of carbonyl (C=O) groups is 2. The fourth-order valence-corrected chi connectivity index (χ4v) is 2.46. The Morgan fingerprint density at radius 2 is 1.95 bits per heavy atom. The zero-order valence-electron chi connectivity index (χ0n) is 12.7. The molecule has 120 valence electrons. The van der Waals surface area contributed by atoms with Gasteiger partial charge in [-0.1, -0.05) is 0 Å². The number of piperazine rings is 1. The van der Waals surface area contributed by atoms with Gasteiger partial charge in [0.25, 0.3) is 0 Å². The third-order valence-electron chi connectivity index (χ3n) is 3.76. The van der Waals surface area contributed by atoms with E-state index in [9.17, 15) is 14.7 Å². The summed E-state index contributed by atoms with van der Waals surface area (Å²) in [5.74, 6) is -1.06. The molecule has 1 saturated heterocycles. The summed E-state index contributed by atoms with van der Waals surface area (Å²) in [6.45, 7) is 5.67. The topological polar surface area (TPSA) is 98.9 Å². The van der Waals surface area contributed by atoms with E-state index in [0.717, 1.165) is 19.6 Å². The summed E-state index contributed by atoms with van der Waals surface area (Å²) in [5, 5.41) is 11.9. The van der Waals surface area contributed by atoms with Gasteiger partial charge in [0, 0.05) is 45.0 Å². The van der Waals surface area contributed by atoms with Gasteiger partial charge in [0.15, 0.2) is 0 Å². The Kier molecular flexibility index (Phi) is 5.35. The second-order valence-electron chi connectivity index (χ2n) is 5.38. The molecule has 1 aliphatic rings. The van der Waals surface area contributed by atoms with Crippen LogP contribution in [0.3, 0.4) is 0 Å². The standard InChI is InChI=1S/C15H22N4O3/c1-11-10-12(20)2-3-13(11)17-14(21)15(22)19-8-6-18(5-4-16)7-9-19/h2-3,10,20H,4-9,16H2,1H3,(H,17,21). The summed E-state index contributed by atoms with van der Waals surface area (Å²) < 4.78 is 0. The van der Waals surface area contributed by atoms with Crippen LogP contribution in [0.1, 0.15) is 5.56 Å². The monoisotopic (exact) mass is 306 g/mol. The Balaban J connectivity index is 1.91. The molecule has 7 nitrogen and oxygen atoms in total. The van der Waals surface area contributed by atoms with Crippen LogP contribution in [0.2, 0.25) is 0 Å². The molecule has 1 aromatic rings. The highest BCUT2D eigenvalue weighted by atomic mass is 16.3. The van der Waals surface area contributed by atoms with Crippen molar-refractivity contribution >= 4 is 17.5 Å². The van der Waals surface area contributed by atoms with Gasteiger partial charge in [0.2, 0.25) is 0 Å². The molecule has 0 spiro atoms. The lowest BCUT2D eigenvalue weighted by molar-refractivity contribution is -0.144. The number of nitrogens with two attached hydrogens (primary N) is 1. The third kappa shape index (κ3) is 3.96. The van der Waals surface area contributed by atoms with Crippen LogP contribution in [0.4, 0.5) is 5.69 Å². The van der Waals surface area contributed by atoms with Gasteiger partial charge in [-0.25, -0.2) is 0 Å². The highest BCUT2D eigenvalue weighted by Crippen LogP contribution is 2.20. The normalized spacial score (nSPS) is 15.6. The van der Waals surface area contributed by atoms with E-state index in [-0.39, 0.29) is 5.75 Å². The molecule has 1 heterocycles. The van der Waals surface area contributed by atoms with Crippen LogP contribution in [0.5, 0.6) is 5.75 Å². The molecule has 1 fully saturated rings. The van der Waals surface area contributed by atoms with Crippen LogP contribution >= 0.6 is 0 Å². The highest BCUT2D eigenvalue weighted by molar-refractivity contribution is 6.39. The average Bonchev–Trinajstić information content (AvgIpc) is 2.50. The number of phenolic OH excluding ortho intramolecular Hbond substituents is 1. The largest absolute Gasteiger partial charge is 0.508 e. The Labute approximate surface area is 129 Å². The van der Waals surface area contributed by atoms with E-state index in [1.165, 1.54) is 12.1 Å². The number of carbonyl (C=O) groups excluding carboxylic acids is 2. The van der Waals surface area contributed by atoms with Crippen molar-refractivity contribution in [1.29, 1.82) is 0 Å². The van der Waals surface area contributed by atoms with Crippen molar-refractivity contribution in [2.24, 2.45) is 5.73 Å². The molecule has 0 bridgehead atoms. The van der Waals surface area contributed by atoms with Crippen LogP contribution in [-0.4, -0.2) is 66.0 Å². The smallest absolute Gasteiger partial charge is 0.313 e. The molecule has 1 aliphatic heterocycles. The summed E-state index contributed by atoms with van der Waals surface area (Å²) in [7, 11) is 0. The lowest BCUT2D eigenvalue weighted by Crippen LogP contribution is -2.52. The molecule has 22 heavy (non-hydrogen) atoms. The number of hydrogen-bond acceptors (Lipinski definition) is 5. The van der Waals surface area contributed by atoms with E-state index in [1.54, 1.807) is 17.9 Å². The number of amides is 2. The van der Waals surface area contributed by atoms with E-state index in [0.29, 0.717) is 30.9 Å². The summed E-state index contributed by atoms with van der Waals surface area (Å²) in [5.41, 5.74) is 6.74. The van der Waals surface area contributed by atoms with E-state index < -0.39 is 11.8 Å². The Hall–Kier alpha value is -2.12. The molecule has 0 atom stereocenters. The first kappa shape index (κ1) is 16.3. The molecule has 7 heteroatoms. The SMILES string of the molecule is Cc1cc(O)ccc1NC(=O)C(=O)N1CCN(CCN)CC1. The zero-order chi connectivity index (χ0) is 16.1. The van der Waals surface area contributed by atoms with E-state index >= 15 is 0 Å². The number of rotatable bonds is 3. The van der Waals surface area contributed by atoms with Crippen molar-refractivity contribution in [3.8, 4) is 5.75 Å². The quantitative estimate of drug-likeness (QED) is 0.528. The Morgan fingerprint density at radius 1 is 1.27 bits per heavy atom. The number of hydrogen-bond donors (Lipinski definition) is 3. The van der Waals surface area contributed by atoms with Gasteiger partial charge in [-0.2, -0.15) is 0 Å². The maximum Gasteiger partial charge on any atom is 0.313 e. The molecule has 2 rings (SSSR count). The van der Waals surface area contributed by atoms with Crippen LogP contribution in [0.25, 0.3) is 0 Å². The molecule has 0 radical (unpaired) electrons. The van der Waals surface area contributed by atoms with Gasteiger partial charge in [-0.05, 0) is 30.7 Å². The van der Waals surface area contributed by atoms with Crippen LogP contribution < -0.4 is 11.1 Å². The number of nitrogens with one attached hydrogen (secondary N) is 1. The molecule has 0 saturated carbocycles. The van der Waals surface area contributed by atoms with Crippen molar-refractivity contribution in [2.75, 3.05) is 44.6 Å². The molecular formula is C15H22N4O3. The summed E-state index contributed by atoms with van der Waals surface area (Å²) in [4.78, 5) is 28.0. The van der Waals surface area contributed by atoms with Crippen molar-refractivity contribution < 1.29 is 14.7 Å². The van der Waals surface area contributed by atoms with E-state index in [4.69, 9.17) is 5.73 Å². The van der Waals surface area contributed by atoms with Crippen molar-refractivity contribution in [3.63, 3.8) is 0 Å². The second-order valence-corrected chi connectivity index (χ2v) is 5.38. The van der Waals surface area contributed by atoms with Crippen LogP contribution in [-0.2, 0) is 9.59 Å². The molecule has 1 aromatic carbocycles. The van der Waals surface area contributed by atoms with Crippen molar-refractivity contribution in [2.45, 2.75) is 6.92 Å². The minimum absolute atomic E-state index is 0.123. The number of anilines is 1. The number of aryl methyl sites for hydroxylation is 1. The molecule has 0 aliphatic carbocycles. The molecular weight excluding hydrogens is 284 g/mol. The molecule has 0 aromatic heterocycles. The van der Waals surface area contributed by atoms with Gasteiger partial charge in [0.05, 0.1) is 0 Å². The first-order valence-corrected chi connectivity index (χ1v) is 7.33. The Bertz CT molecular complexity index is 554. The van der Waals surface area contributed by atoms with E-state index in [1.807, 2.05) is 0 Å². The summed E-state index contributed by atoms with van der Waals surface area (Å²) in [6, 6.07) is 4.58. The minimum atomic E-state index is -0.652. The van der Waals surface area contributed by atoms with Crippen molar-refractivity contribution in [1.82, 2.24) is 9.80 Å². The van der Waals surface area contributed by atoms with Gasteiger partial charge in [-0.3, -0.25) is 14.5 Å². The first-order valence-electron chi connectivity index (χ1n) is 7.33. The third-order valence-corrected chi connectivity index (χ3v) is 3.76. The van der Waals surface area contributed by atoms with Gasteiger partial charge < -0.3 is 21.1 Å².